The van der Waals surface area contributed by atoms with Crippen molar-refractivity contribution in [3.8, 4) is 23.0 Å². The topological polar surface area (TPSA) is 249 Å². The zero-order chi connectivity index (χ0) is 29.1. The van der Waals surface area contributed by atoms with Crippen LogP contribution in [0.5, 0.6) is 23.0 Å². The third-order valence-electron chi connectivity index (χ3n) is 7.28. The molecule has 9 N–H and O–H groups in total. The van der Waals surface area contributed by atoms with Gasteiger partial charge in [0.15, 0.2) is 17.8 Å². The molecule has 7 unspecified atom stereocenters. The minimum absolute atomic E-state index is 0.0532. The third-order valence-corrected chi connectivity index (χ3v) is 7.28. The highest BCUT2D eigenvalue weighted by Gasteiger charge is 2.53. The number of hydrogen-bond acceptors (Lipinski definition) is 15. The minimum atomic E-state index is -2.10. The van der Waals surface area contributed by atoms with E-state index in [2.05, 4.69) is 0 Å². The number of phenols is 3. The van der Waals surface area contributed by atoms with Crippen molar-refractivity contribution < 1.29 is 69.3 Å². The maximum Gasteiger partial charge on any atom is 0.204 e. The molecule has 2 aromatic carbocycles. The molecule has 3 heterocycles. The van der Waals surface area contributed by atoms with Gasteiger partial charge in [0, 0.05) is 12.1 Å². The van der Waals surface area contributed by atoms with Gasteiger partial charge in [0.1, 0.15) is 70.3 Å². The minimum Gasteiger partial charge on any atom is -0.507 e. The summed E-state index contributed by atoms with van der Waals surface area (Å²) < 4.78 is 27.2. The molecule has 40 heavy (non-hydrogen) atoms. The molecule has 0 amide bonds. The van der Waals surface area contributed by atoms with Crippen LogP contribution in [-0.2, 0) is 14.2 Å². The van der Waals surface area contributed by atoms with E-state index >= 15 is 0 Å². The van der Waals surface area contributed by atoms with Gasteiger partial charge in [-0.15, -0.1) is 0 Å². The average molecular weight is 568 g/mol. The lowest BCUT2D eigenvalue weighted by atomic mass is 9.89. The zero-order valence-electron chi connectivity index (χ0n) is 20.9. The van der Waals surface area contributed by atoms with Gasteiger partial charge in [-0.2, -0.15) is 0 Å². The number of methoxy groups -OCH3 is 1. The van der Waals surface area contributed by atoms with E-state index in [1.807, 2.05) is 0 Å². The highest BCUT2D eigenvalue weighted by atomic mass is 16.7. The number of benzene rings is 2. The molecule has 15 nitrogen and oxygen atoms in total. The normalized spacial score (nSPS) is 32.6. The summed E-state index contributed by atoms with van der Waals surface area (Å²) in [6, 6.07) is 3.28. The molecule has 0 aliphatic carbocycles. The van der Waals surface area contributed by atoms with Gasteiger partial charge in [-0.05, 0) is 6.07 Å². The summed E-state index contributed by atoms with van der Waals surface area (Å²) in [5, 5.41) is 92.9. The molecule has 218 valence electrons. The molecular formula is C25H28O15. The van der Waals surface area contributed by atoms with Crippen molar-refractivity contribution in [1.29, 1.82) is 0 Å². The van der Waals surface area contributed by atoms with Crippen LogP contribution in [0.3, 0.4) is 0 Å². The number of hydrogen-bond donors (Lipinski definition) is 9. The molecule has 0 bridgehead atoms. The van der Waals surface area contributed by atoms with Crippen LogP contribution in [0.4, 0.5) is 0 Å². The van der Waals surface area contributed by atoms with E-state index in [0.717, 1.165) is 12.1 Å². The zero-order valence-corrected chi connectivity index (χ0v) is 20.9. The van der Waals surface area contributed by atoms with Crippen LogP contribution < -0.4 is 10.2 Å². The average Bonchev–Trinajstić information content (AvgIpc) is 3.20. The summed E-state index contributed by atoms with van der Waals surface area (Å²) in [7, 11) is 1.27. The van der Waals surface area contributed by atoms with Gasteiger partial charge in [-0.3, -0.25) is 4.79 Å². The van der Waals surface area contributed by atoms with Crippen LogP contribution in [0.2, 0.25) is 0 Å². The summed E-state index contributed by atoms with van der Waals surface area (Å²) in [6.45, 7) is -2.25. The van der Waals surface area contributed by atoms with E-state index in [9.17, 15) is 50.8 Å². The first-order valence-corrected chi connectivity index (χ1v) is 12.1. The molecule has 15 heteroatoms. The quantitative estimate of drug-likeness (QED) is 0.147. The van der Waals surface area contributed by atoms with Gasteiger partial charge < -0.3 is 69.3 Å². The lowest BCUT2D eigenvalue weighted by Crippen LogP contribution is -2.58. The molecule has 2 aliphatic rings. The molecule has 2 saturated heterocycles. The number of aromatic hydroxyl groups is 3. The van der Waals surface area contributed by atoms with Gasteiger partial charge in [-0.1, -0.05) is 0 Å². The fourth-order valence-corrected chi connectivity index (χ4v) is 4.99. The van der Waals surface area contributed by atoms with Gasteiger partial charge in [0.2, 0.25) is 5.43 Å². The Labute approximate surface area is 224 Å². The number of phenolic OH excluding ortho intramolecular Hbond substituents is 3. The standard InChI is InChI=1S/C25H28O15/c1-36-12-2-8-11(3-9(12)28)38-13-4-10(29)15(19(32)16(13)17(8)30)21-22(20(33)18(31)14(5-26)39-21)40-24-23(34)25(35,6-27)7-37-24/h2-4,14,18,20-24,26-29,31-35H,5-7H2,1H3/t14?,18?,20?,21?,22?,23?,24?,25-/m1/s1. The van der Waals surface area contributed by atoms with E-state index in [1.165, 1.54) is 13.2 Å². The molecule has 0 spiro atoms. The third kappa shape index (κ3) is 4.32. The Morgan fingerprint density at radius 2 is 1.73 bits per heavy atom. The van der Waals surface area contributed by atoms with Gasteiger partial charge in [0.05, 0.1) is 37.9 Å². The molecule has 2 aliphatic heterocycles. The second-order valence-electron chi connectivity index (χ2n) is 9.73. The monoisotopic (exact) mass is 568 g/mol. The lowest BCUT2D eigenvalue weighted by molar-refractivity contribution is -0.287. The van der Waals surface area contributed by atoms with E-state index in [1.54, 1.807) is 0 Å². The van der Waals surface area contributed by atoms with E-state index in [4.69, 9.17) is 23.4 Å². The van der Waals surface area contributed by atoms with Crippen LogP contribution in [0.1, 0.15) is 11.7 Å². The van der Waals surface area contributed by atoms with E-state index in [0.29, 0.717) is 0 Å². The first kappa shape index (κ1) is 28.3. The van der Waals surface area contributed by atoms with Gasteiger partial charge in [-0.25, -0.2) is 0 Å². The predicted molar refractivity (Wildman–Crippen MR) is 131 cm³/mol. The van der Waals surface area contributed by atoms with Crippen LogP contribution >= 0.6 is 0 Å². The van der Waals surface area contributed by atoms with Crippen molar-refractivity contribution in [2.75, 3.05) is 26.9 Å². The maximum absolute atomic E-state index is 13.4. The van der Waals surface area contributed by atoms with Gasteiger partial charge in [0.25, 0.3) is 0 Å². The van der Waals surface area contributed by atoms with Crippen LogP contribution in [0, 0.1) is 0 Å². The fraction of sp³-hybridized carbons (Fsp3) is 0.480. The summed E-state index contributed by atoms with van der Waals surface area (Å²) in [6.07, 6.45) is -12.0. The number of aliphatic hydroxyl groups excluding tert-OH is 5. The molecule has 1 aromatic heterocycles. The fourth-order valence-electron chi connectivity index (χ4n) is 4.99. The largest absolute Gasteiger partial charge is 0.507 e. The van der Waals surface area contributed by atoms with Crippen LogP contribution in [-0.4, -0.2) is 115 Å². The second kappa shape index (κ2) is 10.3. The lowest BCUT2D eigenvalue weighted by Gasteiger charge is -2.43. The molecule has 8 atom stereocenters. The van der Waals surface area contributed by atoms with E-state index < -0.39 is 96.2 Å². The summed E-state index contributed by atoms with van der Waals surface area (Å²) >= 11 is 0. The number of aliphatic hydroxyl groups is 6. The molecular weight excluding hydrogens is 540 g/mol. The summed E-state index contributed by atoms with van der Waals surface area (Å²) in [5.74, 6) is -1.94. The van der Waals surface area contributed by atoms with Crippen molar-refractivity contribution in [3.63, 3.8) is 0 Å². The molecule has 3 aromatic rings. The van der Waals surface area contributed by atoms with E-state index in [-0.39, 0.29) is 28.1 Å². The van der Waals surface area contributed by atoms with Crippen molar-refractivity contribution >= 4 is 21.9 Å². The Balaban J connectivity index is 1.65. The molecule has 0 radical (unpaired) electrons. The van der Waals surface area contributed by atoms with Crippen LogP contribution in [0.25, 0.3) is 21.9 Å². The maximum atomic E-state index is 13.4. The summed E-state index contributed by atoms with van der Waals surface area (Å²) in [4.78, 5) is 13.4. The van der Waals surface area contributed by atoms with Crippen molar-refractivity contribution in [2.24, 2.45) is 0 Å². The van der Waals surface area contributed by atoms with Crippen LogP contribution in [0.15, 0.2) is 27.4 Å². The van der Waals surface area contributed by atoms with Crippen molar-refractivity contribution in [3.05, 3.63) is 34.0 Å². The second-order valence-corrected chi connectivity index (χ2v) is 9.73. The Morgan fingerprint density at radius 3 is 2.35 bits per heavy atom. The predicted octanol–water partition coefficient (Wildman–Crippen LogP) is -1.95. The Hall–Kier alpha value is -3.25. The number of ether oxygens (including phenoxy) is 4. The highest BCUT2D eigenvalue weighted by molar-refractivity contribution is 5.96. The molecule has 5 rings (SSSR count). The smallest absolute Gasteiger partial charge is 0.204 e. The highest BCUT2D eigenvalue weighted by Crippen LogP contribution is 2.46. The SMILES string of the molecule is COc1cc2c(=O)c3c(O)c(C4OC(CO)C(O)C(O)C4OC4OC[C@](O)(CO)C4O)c(O)cc3oc2cc1O. The molecule has 0 saturated carbocycles. The molecule has 2 fully saturated rings. The Morgan fingerprint density at radius 1 is 1.02 bits per heavy atom. The first-order chi connectivity index (χ1) is 18.9. The van der Waals surface area contributed by atoms with Gasteiger partial charge >= 0.3 is 0 Å². The Bertz CT molecular complexity index is 1490. The van der Waals surface area contributed by atoms with Crippen molar-refractivity contribution in [2.45, 2.75) is 48.5 Å². The summed E-state index contributed by atoms with van der Waals surface area (Å²) in [5.41, 5.74) is -3.75. The van der Waals surface area contributed by atoms with Crippen molar-refractivity contribution in [1.82, 2.24) is 0 Å². The Kier molecular flexibility index (Phi) is 7.28. The number of rotatable bonds is 6. The number of fused-ring (bicyclic) bond motifs is 2. The first-order valence-electron chi connectivity index (χ1n) is 12.1.